The molecular formula is C17H16O. The van der Waals surface area contributed by atoms with Crippen molar-refractivity contribution in [1.82, 2.24) is 0 Å². The fraction of sp³-hybridized carbons (Fsp3) is 0.176. The van der Waals surface area contributed by atoms with E-state index in [1.165, 1.54) is 21.9 Å². The number of fused-ring (bicyclic) bond motifs is 1. The summed E-state index contributed by atoms with van der Waals surface area (Å²) < 4.78 is 5.80. The Labute approximate surface area is 107 Å². The van der Waals surface area contributed by atoms with Gasteiger partial charge >= 0.3 is 0 Å². The molecule has 0 amide bonds. The fourth-order valence-corrected chi connectivity index (χ4v) is 2.52. The smallest absolute Gasteiger partial charge is 0.128 e. The van der Waals surface area contributed by atoms with Gasteiger partial charge in [0.15, 0.2) is 0 Å². The molecule has 1 unspecified atom stereocenters. The van der Waals surface area contributed by atoms with Gasteiger partial charge in [-0.25, -0.2) is 0 Å². The Bertz CT molecular complexity index is 617. The molecule has 0 radical (unpaired) electrons. The third-order valence-corrected chi connectivity index (χ3v) is 3.36. The van der Waals surface area contributed by atoms with E-state index in [4.69, 9.17) is 4.74 Å². The van der Waals surface area contributed by atoms with Crippen molar-refractivity contribution in [2.24, 2.45) is 0 Å². The van der Waals surface area contributed by atoms with Crippen molar-refractivity contribution < 1.29 is 4.74 Å². The molecule has 1 heterocycles. The number of benzene rings is 2. The lowest BCUT2D eigenvalue weighted by Gasteiger charge is -2.13. The van der Waals surface area contributed by atoms with E-state index >= 15 is 0 Å². The molecular weight excluding hydrogens is 220 g/mol. The lowest BCUT2D eigenvalue weighted by molar-refractivity contribution is 0.174. The Kier molecular flexibility index (Phi) is 2.89. The molecule has 1 aliphatic heterocycles. The average molecular weight is 236 g/mol. The Morgan fingerprint density at radius 3 is 2.83 bits per heavy atom. The summed E-state index contributed by atoms with van der Waals surface area (Å²) in [6, 6.07) is 14.9. The second-order valence-corrected chi connectivity index (χ2v) is 4.59. The maximum atomic E-state index is 5.80. The summed E-state index contributed by atoms with van der Waals surface area (Å²) in [6.07, 6.45) is 7.17. The Hall–Kier alpha value is -2.02. The molecule has 3 rings (SSSR count). The highest BCUT2D eigenvalue weighted by Gasteiger charge is 2.20. The maximum absolute atomic E-state index is 5.80. The summed E-state index contributed by atoms with van der Waals surface area (Å²) in [5.74, 6) is 0. The van der Waals surface area contributed by atoms with Crippen LogP contribution in [0.15, 0.2) is 66.5 Å². The number of allylic oxidation sites excluding steroid dienone is 2. The summed E-state index contributed by atoms with van der Waals surface area (Å²) in [5.41, 5.74) is 2.54. The summed E-state index contributed by atoms with van der Waals surface area (Å²) in [4.78, 5) is 0. The van der Waals surface area contributed by atoms with Crippen molar-refractivity contribution in [2.45, 2.75) is 19.4 Å². The Balaban J connectivity index is 1.97. The van der Waals surface area contributed by atoms with Crippen LogP contribution in [0.5, 0.6) is 0 Å². The van der Waals surface area contributed by atoms with Gasteiger partial charge < -0.3 is 4.74 Å². The van der Waals surface area contributed by atoms with E-state index in [2.05, 4.69) is 54.6 Å². The molecule has 0 fully saturated rings. The minimum atomic E-state index is 0.155. The fourth-order valence-electron chi connectivity index (χ4n) is 2.52. The normalized spacial score (nSPS) is 19.2. The molecule has 18 heavy (non-hydrogen) atoms. The summed E-state index contributed by atoms with van der Waals surface area (Å²) in [7, 11) is 0. The molecule has 2 aromatic rings. The van der Waals surface area contributed by atoms with E-state index in [0.717, 1.165) is 6.42 Å². The van der Waals surface area contributed by atoms with Crippen molar-refractivity contribution in [1.29, 1.82) is 0 Å². The molecule has 0 aliphatic carbocycles. The first-order valence-corrected chi connectivity index (χ1v) is 6.33. The van der Waals surface area contributed by atoms with Gasteiger partial charge in [0.25, 0.3) is 0 Å². The van der Waals surface area contributed by atoms with E-state index in [-0.39, 0.29) is 6.10 Å². The highest BCUT2D eigenvalue weighted by atomic mass is 16.5. The van der Waals surface area contributed by atoms with Gasteiger partial charge in [-0.2, -0.15) is 0 Å². The molecule has 0 bridgehead atoms. The van der Waals surface area contributed by atoms with Gasteiger partial charge in [-0.3, -0.25) is 0 Å². The van der Waals surface area contributed by atoms with Crippen LogP contribution < -0.4 is 0 Å². The van der Waals surface area contributed by atoms with Gasteiger partial charge in [-0.05, 0) is 23.3 Å². The number of hydrogen-bond donors (Lipinski definition) is 0. The maximum Gasteiger partial charge on any atom is 0.128 e. The largest absolute Gasteiger partial charge is 0.493 e. The first kappa shape index (κ1) is 11.1. The lowest BCUT2D eigenvalue weighted by atomic mass is 9.97. The molecule has 0 N–H and O–H groups in total. The van der Waals surface area contributed by atoms with Crippen molar-refractivity contribution >= 4 is 10.8 Å². The zero-order valence-electron chi connectivity index (χ0n) is 10.5. The quantitative estimate of drug-likeness (QED) is 0.730. The topological polar surface area (TPSA) is 9.23 Å². The Morgan fingerprint density at radius 1 is 1.11 bits per heavy atom. The highest BCUT2D eigenvalue weighted by molar-refractivity contribution is 5.86. The molecule has 0 saturated carbocycles. The number of ether oxygens (including phenoxy) is 1. The summed E-state index contributed by atoms with van der Waals surface area (Å²) in [6.45, 7) is 2.03. The average Bonchev–Trinajstić information content (AvgIpc) is 2.87. The van der Waals surface area contributed by atoms with Crippen LogP contribution >= 0.6 is 0 Å². The van der Waals surface area contributed by atoms with Gasteiger partial charge in [0.2, 0.25) is 0 Å². The predicted octanol–water partition coefficient (Wildman–Crippen LogP) is 4.76. The molecule has 0 saturated heterocycles. The van der Waals surface area contributed by atoms with Gasteiger partial charge in [-0.15, -0.1) is 0 Å². The molecule has 90 valence electrons. The van der Waals surface area contributed by atoms with Gasteiger partial charge in [0, 0.05) is 12.0 Å². The van der Waals surface area contributed by atoms with E-state index in [1.54, 1.807) is 0 Å². The third-order valence-electron chi connectivity index (χ3n) is 3.36. The third kappa shape index (κ3) is 1.92. The lowest BCUT2D eigenvalue weighted by Crippen LogP contribution is -1.96. The zero-order chi connectivity index (χ0) is 12.4. The van der Waals surface area contributed by atoms with Crippen LogP contribution in [-0.2, 0) is 4.74 Å². The Morgan fingerprint density at radius 2 is 1.94 bits per heavy atom. The summed E-state index contributed by atoms with van der Waals surface area (Å²) in [5, 5.41) is 2.57. The van der Waals surface area contributed by atoms with Crippen molar-refractivity contribution in [3.05, 3.63) is 72.0 Å². The van der Waals surface area contributed by atoms with Gasteiger partial charge in [0.1, 0.15) is 6.10 Å². The van der Waals surface area contributed by atoms with Crippen LogP contribution in [0, 0.1) is 0 Å². The molecule has 2 aromatic carbocycles. The first-order chi connectivity index (χ1) is 8.88. The second-order valence-electron chi connectivity index (χ2n) is 4.59. The zero-order valence-corrected chi connectivity index (χ0v) is 10.5. The highest BCUT2D eigenvalue weighted by Crippen LogP contribution is 2.35. The predicted molar refractivity (Wildman–Crippen MR) is 75.3 cm³/mol. The van der Waals surface area contributed by atoms with Crippen molar-refractivity contribution in [3.63, 3.8) is 0 Å². The monoisotopic (exact) mass is 236 g/mol. The number of rotatable bonds is 2. The van der Waals surface area contributed by atoms with Gasteiger partial charge in [-0.1, -0.05) is 54.6 Å². The van der Waals surface area contributed by atoms with Crippen molar-refractivity contribution in [3.8, 4) is 0 Å². The molecule has 1 atom stereocenters. The van der Waals surface area contributed by atoms with Crippen molar-refractivity contribution in [2.75, 3.05) is 0 Å². The van der Waals surface area contributed by atoms with Crippen LogP contribution in [0.4, 0.5) is 0 Å². The van der Waals surface area contributed by atoms with Crippen LogP contribution in [0.2, 0.25) is 0 Å². The molecule has 1 nitrogen and oxygen atoms in total. The molecule has 1 heteroatoms. The van der Waals surface area contributed by atoms with Crippen LogP contribution in [0.25, 0.3) is 10.8 Å². The number of hydrogen-bond acceptors (Lipinski definition) is 1. The van der Waals surface area contributed by atoms with Gasteiger partial charge in [0.05, 0.1) is 6.26 Å². The SMILES string of the molecule is C/C=C/C1=COC(c2cccc3ccccc23)C1. The van der Waals surface area contributed by atoms with E-state index in [0.29, 0.717) is 0 Å². The minimum Gasteiger partial charge on any atom is -0.493 e. The van der Waals surface area contributed by atoms with E-state index in [1.807, 2.05) is 13.2 Å². The van der Waals surface area contributed by atoms with Crippen LogP contribution in [-0.4, -0.2) is 0 Å². The first-order valence-electron chi connectivity index (χ1n) is 6.33. The molecule has 1 aliphatic rings. The second kappa shape index (κ2) is 4.69. The van der Waals surface area contributed by atoms with Crippen LogP contribution in [0.1, 0.15) is 25.0 Å². The summed E-state index contributed by atoms with van der Waals surface area (Å²) >= 11 is 0. The minimum absolute atomic E-state index is 0.155. The van der Waals surface area contributed by atoms with Crippen LogP contribution in [0.3, 0.4) is 0 Å². The van der Waals surface area contributed by atoms with E-state index < -0.39 is 0 Å². The molecule has 0 spiro atoms. The van der Waals surface area contributed by atoms with E-state index in [9.17, 15) is 0 Å². The standard InChI is InChI=1S/C17H16O/c1-2-6-13-11-17(18-12-13)16-10-5-8-14-7-3-4-9-15(14)16/h2-10,12,17H,11H2,1H3/b6-2+. The molecule has 0 aromatic heterocycles.